The van der Waals surface area contributed by atoms with Gasteiger partial charge in [0.2, 0.25) is 5.91 Å². The summed E-state index contributed by atoms with van der Waals surface area (Å²) in [6.45, 7) is 0. The molecule has 41 heavy (non-hydrogen) atoms. The van der Waals surface area contributed by atoms with E-state index in [1.54, 1.807) is 38.5 Å². The van der Waals surface area contributed by atoms with Gasteiger partial charge in [0, 0.05) is 18.5 Å². The van der Waals surface area contributed by atoms with E-state index in [0.717, 1.165) is 33.4 Å². The highest BCUT2D eigenvalue weighted by atomic mass is 32.2. The minimum Gasteiger partial charge on any atom is -0.497 e. The maximum atomic E-state index is 12.9. The number of aliphatic imine (C=N–C) groups is 1. The molecule has 0 fully saturated rings. The molecule has 2 atom stereocenters. The maximum Gasteiger partial charge on any atom is 0.262 e. The van der Waals surface area contributed by atoms with Gasteiger partial charge in [-0.2, -0.15) is 10.1 Å². The molecule has 0 saturated heterocycles. The fraction of sp³-hybridized carbons (Fsp3) is 0.188. The number of anilines is 1. The summed E-state index contributed by atoms with van der Waals surface area (Å²) in [5, 5.41) is 11.8. The van der Waals surface area contributed by atoms with E-state index in [4.69, 9.17) is 14.6 Å². The third-order valence-corrected chi connectivity index (χ3v) is 8.31. The summed E-state index contributed by atoms with van der Waals surface area (Å²) in [6.07, 6.45) is 0.645. The molecule has 1 N–H and O–H groups in total. The first kappa shape index (κ1) is 26.6. The summed E-state index contributed by atoms with van der Waals surface area (Å²) >= 11 is 1.28. The normalized spacial score (nSPS) is 18.3. The standard InChI is InChI=1S/C32H28N4O4S/c1-39-25-13-9-21(10-14-25)28-18-27(23-8-7-20-5-3-4-6-22(20)17-23)35-36(28)32-34-31(38)29(41-32)19-30(37)33-24-11-15-26(40-2)16-12-24/h3-17,28-29H,18-19H2,1-2H3,(H,33,37)/t28-,29+/m0/s1. The highest BCUT2D eigenvalue weighted by molar-refractivity contribution is 8.15. The molecule has 0 spiro atoms. The van der Waals surface area contributed by atoms with Crippen LogP contribution in [0.2, 0.25) is 0 Å². The average molecular weight is 565 g/mol. The number of benzene rings is 4. The molecule has 0 bridgehead atoms. The zero-order chi connectivity index (χ0) is 28.3. The Morgan fingerprint density at radius 1 is 0.927 bits per heavy atom. The molecule has 0 unspecified atom stereocenters. The highest BCUT2D eigenvalue weighted by Crippen LogP contribution is 2.39. The van der Waals surface area contributed by atoms with Gasteiger partial charge in [-0.05, 0) is 64.4 Å². The lowest BCUT2D eigenvalue weighted by molar-refractivity contribution is -0.121. The molecule has 2 heterocycles. The zero-order valence-electron chi connectivity index (χ0n) is 22.6. The lowest BCUT2D eigenvalue weighted by Crippen LogP contribution is -2.25. The lowest BCUT2D eigenvalue weighted by Gasteiger charge is -2.23. The molecule has 0 aliphatic carbocycles. The second-order valence-electron chi connectivity index (χ2n) is 9.77. The number of carbonyl (C=O) groups is 2. The van der Waals surface area contributed by atoms with E-state index in [-0.39, 0.29) is 24.3 Å². The molecule has 0 radical (unpaired) electrons. The Hall–Kier alpha value is -4.63. The summed E-state index contributed by atoms with van der Waals surface area (Å²) in [5.41, 5.74) is 3.60. The first-order chi connectivity index (χ1) is 20.0. The van der Waals surface area contributed by atoms with Crippen molar-refractivity contribution in [3.8, 4) is 11.5 Å². The van der Waals surface area contributed by atoms with Crippen LogP contribution in [0.5, 0.6) is 11.5 Å². The van der Waals surface area contributed by atoms with Crippen molar-refractivity contribution in [2.75, 3.05) is 19.5 Å². The number of hydrogen-bond acceptors (Lipinski definition) is 7. The van der Waals surface area contributed by atoms with Crippen LogP contribution in [-0.4, -0.2) is 47.2 Å². The maximum absolute atomic E-state index is 12.9. The van der Waals surface area contributed by atoms with Gasteiger partial charge in [-0.15, -0.1) is 0 Å². The number of fused-ring (bicyclic) bond motifs is 1. The number of ether oxygens (including phenoxy) is 2. The van der Waals surface area contributed by atoms with Crippen molar-refractivity contribution in [2.24, 2.45) is 10.1 Å². The van der Waals surface area contributed by atoms with Crippen LogP contribution >= 0.6 is 11.8 Å². The van der Waals surface area contributed by atoms with E-state index in [0.29, 0.717) is 23.0 Å². The van der Waals surface area contributed by atoms with Gasteiger partial charge < -0.3 is 14.8 Å². The number of hydrogen-bond donors (Lipinski definition) is 1. The molecule has 9 heteroatoms. The number of nitrogens with zero attached hydrogens (tertiary/aromatic N) is 3. The van der Waals surface area contributed by atoms with Crippen molar-refractivity contribution in [3.05, 3.63) is 102 Å². The molecular weight excluding hydrogens is 536 g/mol. The predicted octanol–water partition coefficient (Wildman–Crippen LogP) is 6.03. The van der Waals surface area contributed by atoms with E-state index in [1.165, 1.54) is 11.8 Å². The van der Waals surface area contributed by atoms with Crippen LogP contribution < -0.4 is 14.8 Å². The second-order valence-corrected chi connectivity index (χ2v) is 10.9. The van der Waals surface area contributed by atoms with E-state index < -0.39 is 5.25 Å². The number of methoxy groups -OCH3 is 2. The number of nitrogens with one attached hydrogen (secondary N) is 1. The number of hydrazone groups is 1. The molecule has 0 saturated carbocycles. The summed E-state index contributed by atoms with van der Waals surface area (Å²) in [6, 6.07) is 29.3. The first-order valence-electron chi connectivity index (χ1n) is 13.2. The molecular formula is C32H28N4O4S. The summed E-state index contributed by atoms with van der Waals surface area (Å²) in [7, 11) is 3.22. The minimum absolute atomic E-state index is 0.00478. The van der Waals surface area contributed by atoms with E-state index in [9.17, 15) is 9.59 Å². The Morgan fingerprint density at radius 3 is 2.32 bits per heavy atom. The van der Waals surface area contributed by atoms with Crippen LogP contribution in [0.3, 0.4) is 0 Å². The van der Waals surface area contributed by atoms with Gasteiger partial charge in [-0.25, -0.2) is 5.01 Å². The number of carbonyl (C=O) groups excluding carboxylic acids is 2. The Kier molecular flexibility index (Phi) is 7.43. The van der Waals surface area contributed by atoms with Crippen molar-refractivity contribution < 1.29 is 19.1 Å². The van der Waals surface area contributed by atoms with Gasteiger partial charge >= 0.3 is 0 Å². The SMILES string of the molecule is COc1ccc(NC(=O)C[C@H]2SC(N3N=C(c4ccc5ccccc5c4)C[C@H]3c3ccc(OC)cc3)=NC2=O)cc1. The van der Waals surface area contributed by atoms with Gasteiger partial charge in [0.25, 0.3) is 5.91 Å². The van der Waals surface area contributed by atoms with Crippen LogP contribution in [-0.2, 0) is 9.59 Å². The molecule has 2 amide bonds. The first-order valence-corrected chi connectivity index (χ1v) is 14.1. The number of amides is 2. The smallest absolute Gasteiger partial charge is 0.262 e. The van der Waals surface area contributed by atoms with Crippen molar-refractivity contribution in [1.29, 1.82) is 0 Å². The largest absolute Gasteiger partial charge is 0.497 e. The third kappa shape index (κ3) is 5.67. The quantitative estimate of drug-likeness (QED) is 0.295. The molecule has 0 aromatic heterocycles. The third-order valence-electron chi connectivity index (χ3n) is 7.16. The summed E-state index contributed by atoms with van der Waals surface area (Å²) in [4.78, 5) is 30.1. The van der Waals surface area contributed by atoms with Gasteiger partial charge in [0.05, 0.1) is 26.0 Å². The highest BCUT2D eigenvalue weighted by Gasteiger charge is 2.39. The van der Waals surface area contributed by atoms with Gasteiger partial charge in [-0.1, -0.05) is 60.3 Å². The second kappa shape index (κ2) is 11.5. The van der Waals surface area contributed by atoms with Crippen LogP contribution in [0.4, 0.5) is 5.69 Å². The van der Waals surface area contributed by atoms with E-state index in [2.05, 4.69) is 40.6 Å². The molecule has 4 aromatic carbocycles. The summed E-state index contributed by atoms with van der Waals surface area (Å²) in [5.74, 6) is 0.867. The minimum atomic E-state index is -0.625. The van der Waals surface area contributed by atoms with Crippen molar-refractivity contribution in [2.45, 2.75) is 24.1 Å². The summed E-state index contributed by atoms with van der Waals surface area (Å²) < 4.78 is 10.5. The lowest BCUT2D eigenvalue weighted by atomic mass is 9.97. The van der Waals surface area contributed by atoms with Crippen molar-refractivity contribution in [1.82, 2.24) is 5.01 Å². The fourth-order valence-corrected chi connectivity index (χ4v) is 6.04. The van der Waals surface area contributed by atoms with E-state index >= 15 is 0 Å². The van der Waals surface area contributed by atoms with Gasteiger partial charge in [0.1, 0.15) is 16.7 Å². The van der Waals surface area contributed by atoms with Crippen molar-refractivity contribution in [3.63, 3.8) is 0 Å². The van der Waals surface area contributed by atoms with Crippen molar-refractivity contribution >= 4 is 50.9 Å². The monoisotopic (exact) mass is 564 g/mol. The molecule has 4 aromatic rings. The van der Waals surface area contributed by atoms with Gasteiger partial charge in [0.15, 0.2) is 5.17 Å². The molecule has 8 nitrogen and oxygen atoms in total. The molecule has 206 valence electrons. The molecule has 2 aliphatic heterocycles. The molecule has 6 rings (SSSR count). The average Bonchev–Trinajstić information content (AvgIpc) is 3.61. The predicted molar refractivity (Wildman–Crippen MR) is 163 cm³/mol. The Balaban J connectivity index is 1.23. The number of amidine groups is 1. The van der Waals surface area contributed by atoms with Crippen LogP contribution in [0, 0.1) is 0 Å². The van der Waals surface area contributed by atoms with E-state index in [1.807, 2.05) is 41.4 Å². The Bertz CT molecular complexity index is 1670. The van der Waals surface area contributed by atoms with Crippen LogP contribution in [0.25, 0.3) is 10.8 Å². The topological polar surface area (TPSA) is 92.6 Å². The fourth-order valence-electron chi connectivity index (χ4n) is 4.98. The number of thioether (sulfide) groups is 1. The Labute approximate surface area is 242 Å². The zero-order valence-corrected chi connectivity index (χ0v) is 23.4. The Morgan fingerprint density at radius 2 is 1.61 bits per heavy atom. The van der Waals surface area contributed by atoms with Crippen LogP contribution in [0.1, 0.15) is 30.0 Å². The number of rotatable bonds is 7. The molecule has 2 aliphatic rings. The van der Waals surface area contributed by atoms with Crippen LogP contribution in [0.15, 0.2) is 101 Å². The van der Waals surface area contributed by atoms with Gasteiger partial charge in [-0.3, -0.25) is 9.59 Å².